The standard InChI is InChI=1S/C14H16F3NO3S/c1-9-4-5-10(11-3-2-6-22-11)18(7-9)12(19)13(20)21-8-14(15,16)17/h2-3,6,9-10H,4-5,7-8H2,1H3/t9-,10+/m0/s1. The van der Waals surface area contributed by atoms with Gasteiger partial charge >= 0.3 is 18.1 Å². The number of ether oxygens (including phenoxy) is 1. The number of halogens is 3. The zero-order chi connectivity index (χ0) is 16.3. The minimum Gasteiger partial charge on any atom is -0.449 e. The number of rotatable bonds is 2. The second kappa shape index (κ2) is 6.68. The fourth-order valence-corrected chi connectivity index (χ4v) is 3.35. The molecule has 2 atom stereocenters. The molecular formula is C14H16F3NO3S. The maximum Gasteiger partial charge on any atom is 0.422 e. The van der Waals surface area contributed by atoms with Gasteiger partial charge in [0.25, 0.3) is 0 Å². The van der Waals surface area contributed by atoms with Crippen LogP contribution in [0.4, 0.5) is 13.2 Å². The van der Waals surface area contributed by atoms with Crippen molar-refractivity contribution >= 4 is 23.2 Å². The van der Waals surface area contributed by atoms with E-state index in [2.05, 4.69) is 4.74 Å². The molecule has 0 saturated carbocycles. The first-order valence-corrected chi connectivity index (χ1v) is 7.74. The quantitative estimate of drug-likeness (QED) is 0.616. The molecule has 0 radical (unpaired) electrons. The van der Waals surface area contributed by atoms with Gasteiger partial charge in [-0.1, -0.05) is 13.0 Å². The van der Waals surface area contributed by atoms with Crippen LogP contribution in [0.3, 0.4) is 0 Å². The number of thiophene rings is 1. The minimum absolute atomic E-state index is 0.190. The fraction of sp³-hybridized carbons (Fsp3) is 0.571. The first kappa shape index (κ1) is 16.8. The van der Waals surface area contributed by atoms with Crippen LogP contribution in [0, 0.1) is 5.92 Å². The SMILES string of the molecule is C[C@H]1CC[C@H](c2cccs2)N(C(=O)C(=O)OCC(F)(F)F)C1. The second-order valence-electron chi connectivity index (χ2n) is 5.36. The van der Waals surface area contributed by atoms with Crippen molar-refractivity contribution in [1.29, 1.82) is 0 Å². The smallest absolute Gasteiger partial charge is 0.422 e. The third-order valence-electron chi connectivity index (χ3n) is 3.49. The van der Waals surface area contributed by atoms with Gasteiger partial charge in [-0.2, -0.15) is 13.2 Å². The number of alkyl halides is 3. The summed E-state index contributed by atoms with van der Waals surface area (Å²) in [6.07, 6.45) is -3.07. The van der Waals surface area contributed by atoms with Gasteiger partial charge in [-0.3, -0.25) is 4.79 Å². The van der Waals surface area contributed by atoms with Crippen molar-refractivity contribution in [3.05, 3.63) is 22.4 Å². The van der Waals surface area contributed by atoms with Crippen molar-refractivity contribution in [2.75, 3.05) is 13.2 Å². The molecule has 122 valence electrons. The highest BCUT2D eigenvalue weighted by Gasteiger charge is 2.37. The lowest BCUT2D eigenvalue weighted by atomic mass is 9.93. The molecule has 1 aliphatic heterocycles. The van der Waals surface area contributed by atoms with Crippen LogP contribution < -0.4 is 0 Å². The van der Waals surface area contributed by atoms with Crippen LogP contribution in [0.2, 0.25) is 0 Å². The van der Waals surface area contributed by atoms with Gasteiger partial charge in [0.05, 0.1) is 6.04 Å². The molecule has 1 saturated heterocycles. The van der Waals surface area contributed by atoms with Gasteiger partial charge in [-0.25, -0.2) is 4.79 Å². The van der Waals surface area contributed by atoms with Crippen LogP contribution >= 0.6 is 11.3 Å². The van der Waals surface area contributed by atoms with E-state index in [1.165, 1.54) is 16.2 Å². The van der Waals surface area contributed by atoms with E-state index >= 15 is 0 Å². The zero-order valence-electron chi connectivity index (χ0n) is 11.9. The molecule has 0 aliphatic carbocycles. The predicted octanol–water partition coefficient (Wildman–Crippen LogP) is 3.15. The van der Waals surface area contributed by atoms with Crippen LogP contribution in [0.5, 0.6) is 0 Å². The highest BCUT2D eigenvalue weighted by molar-refractivity contribution is 7.10. The molecule has 4 nitrogen and oxygen atoms in total. The molecule has 1 fully saturated rings. The van der Waals surface area contributed by atoms with Crippen LogP contribution in [0.15, 0.2) is 17.5 Å². The molecular weight excluding hydrogens is 319 g/mol. The molecule has 1 aromatic rings. The molecule has 0 spiro atoms. The number of hydrogen-bond donors (Lipinski definition) is 0. The van der Waals surface area contributed by atoms with Crippen LogP contribution in [0.25, 0.3) is 0 Å². The Hall–Kier alpha value is -1.57. The van der Waals surface area contributed by atoms with E-state index < -0.39 is 24.7 Å². The van der Waals surface area contributed by atoms with Crippen molar-refractivity contribution in [1.82, 2.24) is 4.90 Å². The topological polar surface area (TPSA) is 46.6 Å². The second-order valence-corrected chi connectivity index (χ2v) is 6.34. The number of piperidine rings is 1. The molecule has 0 N–H and O–H groups in total. The van der Waals surface area contributed by atoms with E-state index in [-0.39, 0.29) is 12.0 Å². The number of hydrogen-bond acceptors (Lipinski definition) is 4. The van der Waals surface area contributed by atoms with Crippen LogP contribution in [-0.2, 0) is 14.3 Å². The van der Waals surface area contributed by atoms with E-state index in [1.54, 1.807) is 0 Å². The molecule has 1 amide bonds. The summed E-state index contributed by atoms with van der Waals surface area (Å²) in [5.74, 6) is -2.27. The van der Waals surface area contributed by atoms with Crippen LogP contribution in [0.1, 0.15) is 30.7 Å². The number of carbonyl (C=O) groups is 2. The number of amides is 1. The number of likely N-dealkylation sites (tertiary alicyclic amines) is 1. The van der Waals surface area contributed by atoms with E-state index in [9.17, 15) is 22.8 Å². The molecule has 22 heavy (non-hydrogen) atoms. The molecule has 1 aromatic heterocycles. The van der Waals surface area contributed by atoms with Crippen molar-refractivity contribution in [3.8, 4) is 0 Å². The fourth-order valence-electron chi connectivity index (χ4n) is 2.48. The van der Waals surface area contributed by atoms with Gasteiger partial charge in [0, 0.05) is 11.4 Å². The lowest BCUT2D eigenvalue weighted by molar-refractivity contribution is -0.190. The lowest BCUT2D eigenvalue weighted by Gasteiger charge is -2.37. The highest BCUT2D eigenvalue weighted by atomic mass is 32.1. The number of esters is 1. The molecule has 0 unspecified atom stereocenters. The minimum atomic E-state index is -4.64. The first-order chi connectivity index (χ1) is 10.3. The Morgan fingerprint density at radius 2 is 2.14 bits per heavy atom. The molecule has 2 rings (SSSR count). The van der Waals surface area contributed by atoms with Gasteiger partial charge in [-0.15, -0.1) is 11.3 Å². The van der Waals surface area contributed by atoms with Crippen molar-refractivity contribution in [3.63, 3.8) is 0 Å². The van der Waals surface area contributed by atoms with Gasteiger partial charge in [0.1, 0.15) is 0 Å². The van der Waals surface area contributed by atoms with Crippen molar-refractivity contribution in [2.45, 2.75) is 32.0 Å². The molecule has 0 bridgehead atoms. The highest BCUT2D eigenvalue weighted by Crippen LogP contribution is 2.35. The van der Waals surface area contributed by atoms with E-state index in [0.29, 0.717) is 13.0 Å². The summed E-state index contributed by atoms with van der Waals surface area (Å²) in [7, 11) is 0. The summed E-state index contributed by atoms with van der Waals surface area (Å²) < 4.78 is 40.3. The van der Waals surface area contributed by atoms with Gasteiger partial charge in [-0.05, 0) is 30.2 Å². The molecule has 1 aliphatic rings. The van der Waals surface area contributed by atoms with E-state index in [4.69, 9.17) is 0 Å². The van der Waals surface area contributed by atoms with Crippen LogP contribution in [-0.4, -0.2) is 36.1 Å². The van der Waals surface area contributed by atoms with Gasteiger partial charge < -0.3 is 9.64 Å². The average Bonchev–Trinajstić information content (AvgIpc) is 2.97. The average molecular weight is 335 g/mol. The Labute approximate surface area is 129 Å². The van der Waals surface area contributed by atoms with Crippen molar-refractivity contribution in [2.24, 2.45) is 5.92 Å². The summed E-state index contributed by atoms with van der Waals surface area (Å²) in [4.78, 5) is 26.0. The molecule has 2 heterocycles. The first-order valence-electron chi connectivity index (χ1n) is 6.86. The number of carbonyl (C=O) groups excluding carboxylic acids is 2. The summed E-state index contributed by atoms with van der Waals surface area (Å²) in [6.45, 7) is 0.527. The largest absolute Gasteiger partial charge is 0.449 e. The van der Waals surface area contributed by atoms with Gasteiger partial charge in [0.15, 0.2) is 6.61 Å². The Kier molecular flexibility index (Phi) is 5.10. The predicted molar refractivity (Wildman–Crippen MR) is 74.2 cm³/mol. The summed E-state index contributed by atoms with van der Waals surface area (Å²) >= 11 is 1.46. The van der Waals surface area contributed by atoms with Crippen molar-refractivity contribution < 1.29 is 27.5 Å². The Balaban J connectivity index is 2.08. The molecule has 0 aromatic carbocycles. The van der Waals surface area contributed by atoms with E-state index in [0.717, 1.165) is 11.3 Å². The zero-order valence-corrected chi connectivity index (χ0v) is 12.7. The maximum atomic E-state index is 12.2. The number of nitrogens with zero attached hydrogens (tertiary/aromatic N) is 1. The lowest BCUT2D eigenvalue weighted by Crippen LogP contribution is -2.45. The Morgan fingerprint density at radius 1 is 1.41 bits per heavy atom. The summed E-state index contributed by atoms with van der Waals surface area (Å²) in [5.41, 5.74) is 0. The molecule has 8 heteroatoms. The monoisotopic (exact) mass is 335 g/mol. The Morgan fingerprint density at radius 3 is 2.73 bits per heavy atom. The van der Waals surface area contributed by atoms with E-state index in [1.807, 2.05) is 24.4 Å². The van der Waals surface area contributed by atoms with Gasteiger partial charge in [0.2, 0.25) is 0 Å². The summed E-state index contributed by atoms with van der Waals surface area (Å²) in [6, 6.07) is 3.41. The maximum absolute atomic E-state index is 12.2. The normalized spacial score (nSPS) is 22.5. The Bertz CT molecular complexity index is 530. The third-order valence-corrected chi connectivity index (χ3v) is 4.47. The third kappa shape index (κ3) is 4.22. The summed E-state index contributed by atoms with van der Waals surface area (Å²) in [5, 5.41) is 1.86.